The second-order valence-corrected chi connectivity index (χ2v) is 7.40. The number of aromatic nitrogens is 1. The minimum atomic E-state index is -0.103. The molecule has 1 saturated heterocycles. The Bertz CT molecular complexity index is 926. The first-order valence-electron chi connectivity index (χ1n) is 10.7. The van der Waals surface area contributed by atoms with Crippen molar-refractivity contribution >= 4 is 29.3 Å². The minimum absolute atomic E-state index is 0.103. The maximum Gasteiger partial charge on any atom is 0.227 e. The zero-order valence-corrected chi connectivity index (χ0v) is 18.1. The van der Waals surface area contributed by atoms with Crippen molar-refractivity contribution in [2.75, 3.05) is 29.9 Å². The average Bonchev–Trinajstić information content (AvgIpc) is 3.18. The number of nitrogens with zero attached hydrogens (tertiary/aromatic N) is 3. The van der Waals surface area contributed by atoms with E-state index in [9.17, 15) is 9.59 Å². The molecule has 0 bridgehead atoms. The van der Waals surface area contributed by atoms with Crippen LogP contribution in [0, 0.1) is 6.92 Å². The average molecular weight is 423 g/mol. The molecule has 31 heavy (non-hydrogen) atoms. The first-order valence-corrected chi connectivity index (χ1v) is 10.7. The lowest BCUT2D eigenvalue weighted by Crippen LogP contribution is -2.38. The molecule has 1 aromatic heterocycles. The molecule has 3 rings (SSSR count). The number of guanidine groups is 1. The molecule has 0 atom stereocenters. The van der Waals surface area contributed by atoms with Crippen LogP contribution in [0.4, 0.5) is 11.5 Å². The van der Waals surface area contributed by atoms with Gasteiger partial charge in [-0.3, -0.25) is 9.59 Å². The lowest BCUT2D eigenvalue weighted by Gasteiger charge is -2.16. The fourth-order valence-electron chi connectivity index (χ4n) is 3.33. The fourth-order valence-corrected chi connectivity index (χ4v) is 3.33. The molecular weight excluding hydrogens is 392 g/mol. The standard InChI is InChI=1S/C23H30N6O2/c1-3-24-23(25-14-13-21(30)28-20-7-4-6-17(2)27-20)26-16-18-9-11-19(12-10-18)29-15-5-8-22(29)31/h4,6-7,9-12H,3,5,8,13-16H2,1-2H3,(H2,24,25,26)(H,27,28,30). The predicted octanol–water partition coefficient (Wildman–Crippen LogP) is 2.60. The Morgan fingerprint density at radius 3 is 2.65 bits per heavy atom. The van der Waals surface area contributed by atoms with E-state index in [2.05, 4.69) is 25.9 Å². The Balaban J connectivity index is 1.48. The van der Waals surface area contributed by atoms with E-state index >= 15 is 0 Å². The van der Waals surface area contributed by atoms with Crippen LogP contribution in [-0.2, 0) is 16.1 Å². The quantitative estimate of drug-likeness (QED) is 0.449. The monoisotopic (exact) mass is 422 g/mol. The summed E-state index contributed by atoms with van der Waals surface area (Å²) >= 11 is 0. The molecule has 0 saturated carbocycles. The van der Waals surface area contributed by atoms with Gasteiger partial charge in [0.05, 0.1) is 6.54 Å². The van der Waals surface area contributed by atoms with Crippen LogP contribution in [0.15, 0.2) is 47.5 Å². The van der Waals surface area contributed by atoms with Crippen LogP contribution in [-0.4, -0.2) is 42.4 Å². The number of hydrogen-bond acceptors (Lipinski definition) is 4. The zero-order valence-electron chi connectivity index (χ0n) is 18.1. The molecule has 0 spiro atoms. The van der Waals surface area contributed by atoms with Gasteiger partial charge in [-0.1, -0.05) is 18.2 Å². The van der Waals surface area contributed by atoms with Gasteiger partial charge in [-0.05, 0) is 50.1 Å². The van der Waals surface area contributed by atoms with Crippen molar-refractivity contribution in [1.82, 2.24) is 15.6 Å². The van der Waals surface area contributed by atoms with Crippen LogP contribution < -0.4 is 20.9 Å². The van der Waals surface area contributed by atoms with E-state index in [0.29, 0.717) is 37.7 Å². The summed E-state index contributed by atoms with van der Waals surface area (Å²) in [5.41, 5.74) is 2.85. The van der Waals surface area contributed by atoms with Crippen molar-refractivity contribution in [1.29, 1.82) is 0 Å². The second kappa shape index (κ2) is 11.1. The van der Waals surface area contributed by atoms with Crippen molar-refractivity contribution < 1.29 is 9.59 Å². The van der Waals surface area contributed by atoms with Crippen LogP contribution >= 0.6 is 0 Å². The van der Waals surface area contributed by atoms with Crippen molar-refractivity contribution in [3.8, 4) is 0 Å². The summed E-state index contributed by atoms with van der Waals surface area (Å²) in [5.74, 6) is 1.30. The van der Waals surface area contributed by atoms with Gasteiger partial charge in [0.15, 0.2) is 5.96 Å². The molecule has 0 unspecified atom stereocenters. The highest BCUT2D eigenvalue weighted by molar-refractivity contribution is 5.95. The molecular formula is C23H30N6O2. The molecule has 8 heteroatoms. The fraction of sp³-hybridized carbons (Fsp3) is 0.391. The molecule has 1 aromatic carbocycles. The third-order valence-electron chi connectivity index (χ3n) is 4.89. The predicted molar refractivity (Wildman–Crippen MR) is 123 cm³/mol. The molecule has 164 valence electrons. The van der Waals surface area contributed by atoms with Gasteiger partial charge < -0.3 is 20.9 Å². The third-order valence-corrected chi connectivity index (χ3v) is 4.89. The Kier molecular flexibility index (Phi) is 7.98. The van der Waals surface area contributed by atoms with E-state index in [1.165, 1.54) is 0 Å². The number of nitrogens with one attached hydrogen (secondary N) is 3. The number of amides is 2. The number of anilines is 2. The number of carbonyl (C=O) groups is 2. The molecule has 8 nitrogen and oxygen atoms in total. The molecule has 0 aliphatic carbocycles. The van der Waals surface area contributed by atoms with Crippen LogP contribution in [0.2, 0.25) is 0 Å². The maximum atomic E-state index is 12.1. The van der Waals surface area contributed by atoms with Crippen LogP contribution in [0.5, 0.6) is 0 Å². The summed E-state index contributed by atoms with van der Waals surface area (Å²) in [6.45, 7) is 6.35. The van der Waals surface area contributed by atoms with E-state index in [1.54, 1.807) is 6.07 Å². The number of hydrogen-bond donors (Lipinski definition) is 3. The highest BCUT2D eigenvalue weighted by atomic mass is 16.2. The number of benzene rings is 1. The van der Waals surface area contributed by atoms with Gasteiger partial charge in [0, 0.05) is 43.9 Å². The van der Waals surface area contributed by atoms with Gasteiger partial charge >= 0.3 is 0 Å². The maximum absolute atomic E-state index is 12.1. The van der Waals surface area contributed by atoms with E-state index in [0.717, 1.165) is 36.5 Å². The van der Waals surface area contributed by atoms with E-state index < -0.39 is 0 Å². The Hall–Kier alpha value is -3.42. The van der Waals surface area contributed by atoms with Gasteiger partial charge in [-0.25, -0.2) is 9.98 Å². The molecule has 1 aliphatic heterocycles. The number of rotatable bonds is 8. The summed E-state index contributed by atoms with van der Waals surface area (Å²) in [7, 11) is 0. The number of carbonyl (C=O) groups excluding carboxylic acids is 2. The number of aryl methyl sites for hydroxylation is 1. The Morgan fingerprint density at radius 1 is 1.16 bits per heavy atom. The summed E-state index contributed by atoms with van der Waals surface area (Å²) in [6.07, 6.45) is 1.85. The van der Waals surface area contributed by atoms with Gasteiger partial charge in [0.25, 0.3) is 0 Å². The largest absolute Gasteiger partial charge is 0.357 e. The molecule has 0 radical (unpaired) electrons. The highest BCUT2D eigenvalue weighted by Gasteiger charge is 2.21. The lowest BCUT2D eigenvalue weighted by atomic mass is 10.2. The van der Waals surface area contributed by atoms with E-state index in [4.69, 9.17) is 0 Å². The molecule has 3 N–H and O–H groups in total. The molecule has 1 fully saturated rings. The van der Waals surface area contributed by atoms with Crippen molar-refractivity contribution in [3.05, 3.63) is 53.7 Å². The topological polar surface area (TPSA) is 98.7 Å². The number of pyridine rings is 1. The molecule has 2 heterocycles. The minimum Gasteiger partial charge on any atom is -0.357 e. The van der Waals surface area contributed by atoms with Gasteiger partial charge in [-0.2, -0.15) is 0 Å². The van der Waals surface area contributed by atoms with Gasteiger partial charge in [-0.15, -0.1) is 0 Å². The Morgan fingerprint density at radius 2 is 1.97 bits per heavy atom. The SMILES string of the molecule is CCNC(=NCc1ccc(N2CCCC2=O)cc1)NCCC(=O)Nc1cccc(C)n1. The summed E-state index contributed by atoms with van der Waals surface area (Å²) < 4.78 is 0. The Labute approximate surface area is 183 Å². The lowest BCUT2D eigenvalue weighted by molar-refractivity contribution is -0.117. The van der Waals surface area contributed by atoms with E-state index in [-0.39, 0.29) is 11.8 Å². The summed E-state index contributed by atoms with van der Waals surface area (Å²) in [5, 5.41) is 9.17. The summed E-state index contributed by atoms with van der Waals surface area (Å²) in [6, 6.07) is 13.5. The third kappa shape index (κ3) is 6.80. The first kappa shape index (κ1) is 22.3. The normalized spacial score (nSPS) is 13.9. The van der Waals surface area contributed by atoms with Crippen molar-refractivity contribution in [2.45, 2.75) is 39.7 Å². The van der Waals surface area contributed by atoms with Gasteiger partial charge in [0.1, 0.15) is 5.82 Å². The van der Waals surface area contributed by atoms with Crippen LogP contribution in [0.1, 0.15) is 37.4 Å². The smallest absolute Gasteiger partial charge is 0.227 e. The number of aliphatic imine (C=N–C) groups is 1. The zero-order chi connectivity index (χ0) is 22.1. The molecule has 2 amide bonds. The van der Waals surface area contributed by atoms with Crippen LogP contribution in [0.3, 0.4) is 0 Å². The van der Waals surface area contributed by atoms with Crippen LogP contribution in [0.25, 0.3) is 0 Å². The highest BCUT2D eigenvalue weighted by Crippen LogP contribution is 2.21. The molecule has 1 aliphatic rings. The van der Waals surface area contributed by atoms with Crippen molar-refractivity contribution in [3.63, 3.8) is 0 Å². The van der Waals surface area contributed by atoms with E-state index in [1.807, 2.05) is 55.1 Å². The van der Waals surface area contributed by atoms with Gasteiger partial charge in [0.2, 0.25) is 11.8 Å². The molecule has 2 aromatic rings. The second-order valence-electron chi connectivity index (χ2n) is 7.40. The first-order chi connectivity index (χ1) is 15.0. The van der Waals surface area contributed by atoms with Crippen molar-refractivity contribution in [2.24, 2.45) is 4.99 Å². The summed E-state index contributed by atoms with van der Waals surface area (Å²) in [4.78, 5) is 34.7.